The second kappa shape index (κ2) is 7.22. The Morgan fingerprint density at radius 2 is 1.77 bits per heavy atom. The highest BCUT2D eigenvalue weighted by atomic mass is 16.2. The Morgan fingerprint density at radius 1 is 1.04 bits per heavy atom. The molecule has 0 radical (unpaired) electrons. The molecule has 0 fully saturated rings. The number of hydrogen-bond donors (Lipinski definition) is 2. The zero-order valence-electron chi connectivity index (χ0n) is 14.9. The summed E-state index contributed by atoms with van der Waals surface area (Å²) in [6.07, 6.45) is 3.28. The molecule has 0 aliphatic rings. The Labute approximate surface area is 150 Å². The first kappa shape index (κ1) is 17.4. The van der Waals surface area contributed by atoms with E-state index in [0.717, 1.165) is 0 Å². The number of benzene rings is 1. The Bertz CT molecular complexity index is 942. The number of aryl methyl sites for hydroxylation is 3. The number of aromatic nitrogens is 4. The molecular weight excluding hydrogens is 332 g/mol. The minimum absolute atomic E-state index is 0.158. The number of carbonyl (C=O) groups is 2. The third kappa shape index (κ3) is 3.64. The van der Waals surface area contributed by atoms with Crippen LogP contribution in [-0.2, 0) is 13.6 Å². The van der Waals surface area contributed by atoms with Gasteiger partial charge < -0.3 is 10.6 Å². The van der Waals surface area contributed by atoms with Crippen LogP contribution in [0.5, 0.6) is 0 Å². The van der Waals surface area contributed by atoms with Crippen LogP contribution in [0.1, 0.15) is 33.5 Å². The first-order valence-electron chi connectivity index (χ1n) is 8.23. The number of rotatable bonds is 5. The largest absolute Gasteiger partial charge is 0.321 e. The summed E-state index contributed by atoms with van der Waals surface area (Å²) < 4.78 is 3.17. The van der Waals surface area contributed by atoms with Gasteiger partial charge in [-0.05, 0) is 26.0 Å². The number of para-hydroxylation sites is 1. The highest BCUT2D eigenvalue weighted by molar-refractivity contribution is 6.11. The summed E-state index contributed by atoms with van der Waals surface area (Å²) in [5.74, 6) is -0.721. The van der Waals surface area contributed by atoms with Gasteiger partial charge in [0.05, 0.1) is 16.9 Å². The lowest BCUT2D eigenvalue weighted by Crippen LogP contribution is -2.18. The van der Waals surface area contributed by atoms with Crippen molar-refractivity contribution >= 4 is 23.2 Å². The third-order valence-corrected chi connectivity index (χ3v) is 3.84. The molecule has 2 amide bonds. The van der Waals surface area contributed by atoms with Gasteiger partial charge in [0.2, 0.25) is 0 Å². The van der Waals surface area contributed by atoms with Gasteiger partial charge in [0.15, 0.2) is 5.69 Å². The van der Waals surface area contributed by atoms with E-state index in [-0.39, 0.29) is 17.5 Å². The van der Waals surface area contributed by atoms with Gasteiger partial charge in [-0.15, -0.1) is 0 Å². The second-order valence-electron chi connectivity index (χ2n) is 5.82. The van der Waals surface area contributed by atoms with Gasteiger partial charge in [-0.3, -0.25) is 19.0 Å². The maximum atomic E-state index is 12.6. The monoisotopic (exact) mass is 352 g/mol. The molecule has 26 heavy (non-hydrogen) atoms. The average Bonchev–Trinajstić information content (AvgIpc) is 3.18. The fourth-order valence-corrected chi connectivity index (χ4v) is 2.57. The Balaban J connectivity index is 1.85. The molecule has 0 spiro atoms. The lowest BCUT2D eigenvalue weighted by molar-refractivity contribution is 0.102. The molecule has 0 saturated carbocycles. The number of anilines is 2. The molecule has 0 atom stereocenters. The first-order valence-corrected chi connectivity index (χ1v) is 8.23. The minimum atomic E-state index is -0.387. The first-order chi connectivity index (χ1) is 12.5. The summed E-state index contributed by atoms with van der Waals surface area (Å²) in [4.78, 5) is 25.1. The zero-order valence-corrected chi connectivity index (χ0v) is 14.9. The summed E-state index contributed by atoms with van der Waals surface area (Å²) in [5.41, 5.74) is 2.23. The summed E-state index contributed by atoms with van der Waals surface area (Å²) in [6, 6.07) is 9.09. The molecule has 2 N–H and O–H groups in total. The van der Waals surface area contributed by atoms with Crippen molar-refractivity contribution < 1.29 is 9.59 Å². The third-order valence-electron chi connectivity index (χ3n) is 3.84. The summed E-state index contributed by atoms with van der Waals surface area (Å²) in [7, 11) is 1.75. The minimum Gasteiger partial charge on any atom is -0.321 e. The molecule has 0 unspecified atom stereocenters. The molecule has 0 aliphatic carbocycles. The fourth-order valence-electron chi connectivity index (χ4n) is 2.57. The number of hydrogen-bond acceptors (Lipinski definition) is 4. The fraction of sp³-hybridized carbons (Fsp3) is 0.222. The van der Waals surface area contributed by atoms with Crippen LogP contribution in [0.25, 0.3) is 0 Å². The van der Waals surface area contributed by atoms with Gasteiger partial charge in [0.1, 0.15) is 0 Å². The molecule has 8 nitrogen and oxygen atoms in total. The summed E-state index contributed by atoms with van der Waals surface area (Å²) >= 11 is 0. The van der Waals surface area contributed by atoms with Gasteiger partial charge in [0.25, 0.3) is 11.8 Å². The van der Waals surface area contributed by atoms with E-state index in [1.165, 1.54) is 0 Å². The maximum absolute atomic E-state index is 12.6. The molecule has 0 aliphatic heterocycles. The van der Waals surface area contributed by atoms with Crippen molar-refractivity contribution in [3.8, 4) is 0 Å². The molecule has 134 valence electrons. The lowest BCUT2D eigenvalue weighted by atomic mass is 10.2. The summed E-state index contributed by atoms with van der Waals surface area (Å²) in [6.45, 7) is 4.24. The van der Waals surface area contributed by atoms with Crippen molar-refractivity contribution in [1.29, 1.82) is 0 Å². The van der Waals surface area contributed by atoms with Crippen LogP contribution >= 0.6 is 0 Å². The standard InChI is InChI=1S/C18H20N6O2/c1-4-24-11-15(20-17(25)14-10-23(3)21-12(14)2)16(22-24)18(26)19-13-8-6-5-7-9-13/h5-11H,4H2,1-3H3,(H,19,26)(H,20,25). The summed E-state index contributed by atoms with van der Waals surface area (Å²) in [5, 5.41) is 14.0. The van der Waals surface area contributed by atoms with E-state index in [0.29, 0.717) is 29.2 Å². The van der Waals surface area contributed by atoms with E-state index in [9.17, 15) is 9.59 Å². The van der Waals surface area contributed by atoms with E-state index in [1.54, 1.807) is 47.9 Å². The van der Waals surface area contributed by atoms with Crippen LogP contribution in [0, 0.1) is 6.92 Å². The smallest absolute Gasteiger partial charge is 0.278 e. The van der Waals surface area contributed by atoms with Crippen LogP contribution < -0.4 is 10.6 Å². The number of carbonyl (C=O) groups excluding carboxylic acids is 2. The molecule has 1 aromatic carbocycles. The van der Waals surface area contributed by atoms with Gasteiger partial charge in [-0.25, -0.2) is 0 Å². The van der Waals surface area contributed by atoms with Gasteiger partial charge >= 0.3 is 0 Å². The van der Waals surface area contributed by atoms with Crippen molar-refractivity contribution in [2.45, 2.75) is 20.4 Å². The maximum Gasteiger partial charge on any atom is 0.278 e. The quantitative estimate of drug-likeness (QED) is 0.737. The van der Waals surface area contributed by atoms with Gasteiger partial charge in [0, 0.05) is 31.7 Å². The number of nitrogens with zero attached hydrogens (tertiary/aromatic N) is 4. The van der Waals surface area contributed by atoms with Crippen LogP contribution in [0.4, 0.5) is 11.4 Å². The Hall–Kier alpha value is -3.42. The number of amides is 2. The van der Waals surface area contributed by atoms with Crippen molar-refractivity contribution in [3.05, 3.63) is 59.7 Å². The van der Waals surface area contributed by atoms with Gasteiger partial charge in [-0.1, -0.05) is 18.2 Å². The van der Waals surface area contributed by atoms with Gasteiger partial charge in [-0.2, -0.15) is 10.2 Å². The average molecular weight is 352 g/mol. The predicted octanol–water partition coefficient (Wildman–Crippen LogP) is 2.45. The molecule has 3 rings (SSSR count). The topological polar surface area (TPSA) is 93.8 Å². The van der Waals surface area contributed by atoms with Crippen LogP contribution in [0.3, 0.4) is 0 Å². The van der Waals surface area contributed by atoms with E-state index < -0.39 is 0 Å². The molecule has 2 aromatic heterocycles. The van der Waals surface area contributed by atoms with Crippen LogP contribution in [0.15, 0.2) is 42.7 Å². The molecule has 8 heteroatoms. The predicted molar refractivity (Wildman–Crippen MR) is 98.2 cm³/mol. The van der Waals surface area contributed by atoms with E-state index in [4.69, 9.17) is 0 Å². The molecule has 3 aromatic rings. The number of nitrogens with one attached hydrogen (secondary N) is 2. The Morgan fingerprint density at radius 3 is 2.38 bits per heavy atom. The lowest BCUT2D eigenvalue weighted by Gasteiger charge is -2.06. The van der Waals surface area contributed by atoms with E-state index in [1.807, 2.05) is 25.1 Å². The molecular formula is C18H20N6O2. The van der Waals surface area contributed by atoms with Crippen molar-refractivity contribution in [2.75, 3.05) is 10.6 Å². The zero-order chi connectivity index (χ0) is 18.7. The van der Waals surface area contributed by atoms with Crippen LogP contribution in [0.2, 0.25) is 0 Å². The SMILES string of the molecule is CCn1cc(NC(=O)c2cn(C)nc2C)c(C(=O)Nc2ccccc2)n1. The highest BCUT2D eigenvalue weighted by Gasteiger charge is 2.21. The Kier molecular flexibility index (Phi) is 4.83. The molecule has 0 saturated heterocycles. The normalized spacial score (nSPS) is 10.6. The molecule has 0 bridgehead atoms. The molecule has 2 heterocycles. The van der Waals surface area contributed by atoms with E-state index in [2.05, 4.69) is 20.8 Å². The van der Waals surface area contributed by atoms with E-state index >= 15 is 0 Å². The van der Waals surface area contributed by atoms with Crippen molar-refractivity contribution in [2.24, 2.45) is 7.05 Å². The second-order valence-corrected chi connectivity index (χ2v) is 5.82. The van der Waals surface area contributed by atoms with Crippen molar-refractivity contribution in [1.82, 2.24) is 19.6 Å². The van der Waals surface area contributed by atoms with Crippen LogP contribution in [-0.4, -0.2) is 31.4 Å². The highest BCUT2D eigenvalue weighted by Crippen LogP contribution is 2.18. The van der Waals surface area contributed by atoms with Crippen molar-refractivity contribution in [3.63, 3.8) is 0 Å².